The maximum atomic E-state index is 12.3. The monoisotopic (exact) mass is 358 g/mol. The number of piperidine rings is 1. The van der Waals surface area contributed by atoms with Crippen molar-refractivity contribution in [2.24, 2.45) is 4.99 Å². The maximum absolute atomic E-state index is 12.3. The molecule has 2 saturated heterocycles. The Morgan fingerprint density at radius 3 is 2.71 bits per heavy atom. The molecule has 0 aromatic carbocycles. The van der Waals surface area contributed by atoms with E-state index in [1.54, 1.807) is 0 Å². The molecule has 24 heavy (non-hydrogen) atoms. The van der Waals surface area contributed by atoms with E-state index in [0.29, 0.717) is 37.9 Å². The molecule has 0 aromatic rings. The molecule has 2 fully saturated rings. The predicted octanol–water partition coefficient (Wildman–Crippen LogP) is 0.520. The van der Waals surface area contributed by atoms with E-state index in [1.807, 2.05) is 11.8 Å². The first-order chi connectivity index (χ1) is 11.4. The molecule has 2 unspecified atom stereocenters. The van der Waals surface area contributed by atoms with Crippen molar-refractivity contribution in [3.63, 3.8) is 0 Å². The number of amides is 1. The first-order valence-electron chi connectivity index (χ1n) is 8.96. The lowest BCUT2D eigenvalue weighted by Gasteiger charge is -2.33. The zero-order valence-corrected chi connectivity index (χ0v) is 15.6. The number of guanidine groups is 1. The van der Waals surface area contributed by atoms with Crippen LogP contribution in [0, 0.1) is 0 Å². The Hall–Kier alpha value is -1.31. The van der Waals surface area contributed by atoms with Crippen molar-refractivity contribution >= 4 is 21.7 Å². The molecule has 0 aromatic heterocycles. The Bertz CT molecular complexity index is 562. The third kappa shape index (κ3) is 5.65. The maximum Gasteiger partial charge on any atom is 0.224 e. The summed E-state index contributed by atoms with van der Waals surface area (Å²) in [4.78, 5) is 18.7. The van der Waals surface area contributed by atoms with Crippen LogP contribution in [-0.4, -0.2) is 68.4 Å². The molecule has 2 N–H and O–H groups in total. The molecule has 2 aliphatic heterocycles. The zero-order valence-electron chi connectivity index (χ0n) is 14.8. The fourth-order valence-corrected chi connectivity index (χ4v) is 4.97. The van der Waals surface area contributed by atoms with Crippen molar-refractivity contribution in [3.8, 4) is 0 Å². The number of aliphatic imine (C=N–C) groups is 1. The molecule has 2 aliphatic rings. The van der Waals surface area contributed by atoms with E-state index in [-0.39, 0.29) is 23.5 Å². The standard InChI is InChI=1S/C16H30N4O3S/c1-3-17-16(19-14-8-11-24(22,23)12-14)18-9-7-15(21)20-10-5-4-6-13(20)2/h13-14H,3-12H2,1-2H3,(H2,17,18,19). The highest BCUT2D eigenvalue weighted by Gasteiger charge is 2.28. The number of carbonyl (C=O) groups is 1. The third-order valence-electron chi connectivity index (χ3n) is 4.64. The molecule has 1 amide bonds. The van der Waals surface area contributed by atoms with Gasteiger partial charge in [-0.2, -0.15) is 0 Å². The number of hydrogen-bond acceptors (Lipinski definition) is 4. The van der Waals surface area contributed by atoms with Gasteiger partial charge in [0.05, 0.1) is 18.1 Å². The van der Waals surface area contributed by atoms with Gasteiger partial charge in [-0.15, -0.1) is 0 Å². The van der Waals surface area contributed by atoms with E-state index in [1.165, 1.54) is 6.42 Å². The molecule has 0 bridgehead atoms. The topological polar surface area (TPSA) is 90.9 Å². The second-order valence-electron chi connectivity index (χ2n) is 6.69. The van der Waals surface area contributed by atoms with E-state index < -0.39 is 9.84 Å². The highest BCUT2D eigenvalue weighted by atomic mass is 32.2. The second-order valence-corrected chi connectivity index (χ2v) is 8.92. The summed E-state index contributed by atoms with van der Waals surface area (Å²) < 4.78 is 23.1. The zero-order chi connectivity index (χ0) is 17.6. The Morgan fingerprint density at radius 1 is 1.29 bits per heavy atom. The summed E-state index contributed by atoms with van der Waals surface area (Å²) in [6.07, 6.45) is 4.36. The van der Waals surface area contributed by atoms with Crippen LogP contribution in [0.1, 0.15) is 46.0 Å². The molecule has 0 saturated carbocycles. The second kappa shape index (κ2) is 8.69. The fourth-order valence-electron chi connectivity index (χ4n) is 3.30. The van der Waals surface area contributed by atoms with Crippen molar-refractivity contribution in [1.82, 2.24) is 15.5 Å². The predicted molar refractivity (Wildman–Crippen MR) is 95.8 cm³/mol. The van der Waals surface area contributed by atoms with Crippen LogP contribution in [0.3, 0.4) is 0 Å². The largest absolute Gasteiger partial charge is 0.357 e. The summed E-state index contributed by atoms with van der Waals surface area (Å²) in [5, 5.41) is 6.29. The van der Waals surface area contributed by atoms with Gasteiger partial charge in [0.15, 0.2) is 15.8 Å². The van der Waals surface area contributed by atoms with Gasteiger partial charge in [-0.3, -0.25) is 9.79 Å². The molecular weight excluding hydrogens is 328 g/mol. The van der Waals surface area contributed by atoms with Gasteiger partial charge < -0.3 is 15.5 Å². The number of nitrogens with zero attached hydrogens (tertiary/aromatic N) is 2. The molecule has 2 heterocycles. The summed E-state index contributed by atoms with van der Waals surface area (Å²) in [5.41, 5.74) is 0. The fraction of sp³-hybridized carbons (Fsp3) is 0.875. The van der Waals surface area contributed by atoms with Crippen LogP contribution in [0.5, 0.6) is 0 Å². The van der Waals surface area contributed by atoms with Gasteiger partial charge in [0.2, 0.25) is 5.91 Å². The molecule has 7 nitrogen and oxygen atoms in total. The summed E-state index contributed by atoms with van der Waals surface area (Å²) in [7, 11) is -2.92. The normalized spacial score (nSPS) is 27.1. The van der Waals surface area contributed by atoms with E-state index in [0.717, 1.165) is 19.4 Å². The van der Waals surface area contributed by atoms with Crippen LogP contribution in [0.4, 0.5) is 0 Å². The SMILES string of the molecule is CCNC(=NCCC(=O)N1CCCCC1C)NC1CCS(=O)(=O)C1. The van der Waals surface area contributed by atoms with E-state index in [4.69, 9.17) is 0 Å². The minimum atomic E-state index is -2.92. The molecule has 2 atom stereocenters. The minimum Gasteiger partial charge on any atom is -0.357 e. The molecule has 0 spiro atoms. The van der Waals surface area contributed by atoms with Gasteiger partial charge in [-0.25, -0.2) is 8.42 Å². The van der Waals surface area contributed by atoms with Crippen LogP contribution in [0.15, 0.2) is 4.99 Å². The van der Waals surface area contributed by atoms with Crippen molar-refractivity contribution in [3.05, 3.63) is 0 Å². The van der Waals surface area contributed by atoms with Gasteiger partial charge in [0.1, 0.15) is 0 Å². The molecule has 0 radical (unpaired) electrons. The van der Waals surface area contributed by atoms with Crippen LogP contribution in [-0.2, 0) is 14.6 Å². The third-order valence-corrected chi connectivity index (χ3v) is 6.40. The van der Waals surface area contributed by atoms with Crippen LogP contribution < -0.4 is 10.6 Å². The number of sulfone groups is 1. The molecule has 2 rings (SSSR count). The summed E-state index contributed by atoms with van der Waals surface area (Å²) in [6.45, 7) is 6.02. The Balaban J connectivity index is 1.83. The Kier molecular flexibility index (Phi) is 6.89. The number of rotatable bonds is 5. The smallest absolute Gasteiger partial charge is 0.224 e. The van der Waals surface area contributed by atoms with Crippen molar-refractivity contribution in [2.75, 3.05) is 31.1 Å². The van der Waals surface area contributed by atoms with Gasteiger partial charge in [-0.1, -0.05) is 0 Å². The number of nitrogens with one attached hydrogen (secondary N) is 2. The summed E-state index contributed by atoms with van der Waals surface area (Å²) in [6, 6.07) is 0.232. The number of likely N-dealkylation sites (tertiary alicyclic amines) is 1. The lowest BCUT2D eigenvalue weighted by atomic mass is 10.0. The van der Waals surface area contributed by atoms with Crippen molar-refractivity contribution in [2.45, 2.75) is 58.0 Å². The van der Waals surface area contributed by atoms with Gasteiger partial charge in [0.25, 0.3) is 0 Å². The Morgan fingerprint density at radius 2 is 2.08 bits per heavy atom. The quantitative estimate of drug-likeness (QED) is 0.552. The van der Waals surface area contributed by atoms with E-state index in [2.05, 4.69) is 22.5 Å². The molecular formula is C16H30N4O3S. The lowest BCUT2D eigenvalue weighted by molar-refractivity contribution is -0.134. The first-order valence-corrected chi connectivity index (χ1v) is 10.8. The van der Waals surface area contributed by atoms with Crippen LogP contribution in [0.2, 0.25) is 0 Å². The average molecular weight is 359 g/mol. The van der Waals surface area contributed by atoms with Crippen LogP contribution >= 0.6 is 0 Å². The van der Waals surface area contributed by atoms with Gasteiger partial charge in [-0.05, 0) is 39.5 Å². The summed E-state index contributed by atoms with van der Waals surface area (Å²) in [5.74, 6) is 1.14. The van der Waals surface area contributed by atoms with E-state index >= 15 is 0 Å². The highest BCUT2D eigenvalue weighted by Crippen LogP contribution is 2.17. The van der Waals surface area contributed by atoms with Crippen LogP contribution in [0.25, 0.3) is 0 Å². The summed E-state index contributed by atoms with van der Waals surface area (Å²) >= 11 is 0. The van der Waals surface area contributed by atoms with Gasteiger partial charge >= 0.3 is 0 Å². The molecule has 138 valence electrons. The molecule has 8 heteroatoms. The highest BCUT2D eigenvalue weighted by molar-refractivity contribution is 7.91. The number of carbonyl (C=O) groups excluding carboxylic acids is 1. The van der Waals surface area contributed by atoms with Crippen molar-refractivity contribution in [1.29, 1.82) is 0 Å². The van der Waals surface area contributed by atoms with Crippen molar-refractivity contribution < 1.29 is 13.2 Å². The average Bonchev–Trinajstić information content (AvgIpc) is 2.86. The van der Waals surface area contributed by atoms with E-state index in [9.17, 15) is 13.2 Å². The minimum absolute atomic E-state index is 0.0920. The molecule has 0 aliphatic carbocycles. The lowest BCUT2D eigenvalue weighted by Crippen LogP contribution is -2.44. The Labute approximate surface area is 145 Å². The van der Waals surface area contributed by atoms with Gasteiger partial charge in [0, 0.05) is 31.6 Å². The number of hydrogen-bond donors (Lipinski definition) is 2. The first kappa shape index (κ1) is 19.0.